The second kappa shape index (κ2) is 9.99. The zero-order valence-corrected chi connectivity index (χ0v) is 28.4. The summed E-state index contributed by atoms with van der Waals surface area (Å²) in [7, 11) is -2.15. The van der Waals surface area contributed by atoms with Crippen molar-refractivity contribution in [1.29, 1.82) is 0 Å². The van der Waals surface area contributed by atoms with Gasteiger partial charge in [0, 0.05) is 34.1 Å². The maximum Gasteiger partial charge on any atom is 0.254 e. The summed E-state index contributed by atoms with van der Waals surface area (Å²) in [5, 5.41) is 3.09. The van der Waals surface area contributed by atoms with E-state index in [-0.39, 0.29) is 6.71 Å². The minimum atomic E-state index is -2.15. The van der Waals surface area contributed by atoms with E-state index in [4.69, 9.17) is 0 Å². The molecular formula is C43H34BN3Si. The first-order chi connectivity index (χ1) is 23.5. The Morgan fingerprint density at radius 3 is 1.75 bits per heavy atom. The minimum absolute atomic E-state index is 0.0847. The van der Waals surface area contributed by atoms with Gasteiger partial charge in [-0.25, -0.2) is 0 Å². The van der Waals surface area contributed by atoms with E-state index in [1.165, 1.54) is 78.3 Å². The van der Waals surface area contributed by atoms with E-state index in [2.05, 4.69) is 186 Å². The first-order valence-corrected chi connectivity index (χ1v) is 19.9. The highest BCUT2D eigenvalue weighted by Gasteiger charge is 2.52. The van der Waals surface area contributed by atoms with Gasteiger partial charge < -0.3 is 4.90 Å². The number of aryl methyl sites for hydroxylation is 1. The van der Waals surface area contributed by atoms with Crippen molar-refractivity contribution in [3.8, 4) is 16.9 Å². The Balaban J connectivity index is 1.42. The Kier molecular flexibility index (Phi) is 5.74. The second-order valence-corrected chi connectivity index (χ2v) is 18.1. The number of benzene rings is 6. The molecular weight excluding hydrogens is 597 g/mol. The fourth-order valence-electron chi connectivity index (χ4n) is 8.91. The molecule has 0 fully saturated rings. The average Bonchev–Trinajstić information content (AvgIpc) is 3.59. The molecule has 0 aliphatic carbocycles. The van der Waals surface area contributed by atoms with Crippen LogP contribution in [0.1, 0.15) is 5.56 Å². The van der Waals surface area contributed by atoms with Crippen molar-refractivity contribution in [3.63, 3.8) is 0 Å². The van der Waals surface area contributed by atoms with Crippen molar-refractivity contribution in [2.75, 3.05) is 9.80 Å². The summed E-state index contributed by atoms with van der Waals surface area (Å²) in [6, 6.07) is 56.1. The molecule has 4 heterocycles. The standard InChI is InChI=1S/C43H34BN3Si/c1-29-27-36-39-37(28-29)46(31-19-9-5-10-20-31)43-40(44(39)34-24-14-15-25-35(34)45(36)30-17-7-4-8-18-30)42-41(47(43)32-21-11-6-12-22-32)33-23-13-16-26-38(33)48(42,2)3/h4-28H,1-3H3. The molecule has 48 heavy (non-hydrogen) atoms. The summed E-state index contributed by atoms with van der Waals surface area (Å²) in [5.74, 6) is 1.27. The second-order valence-electron chi connectivity index (χ2n) is 13.9. The number of hydrogen-bond donors (Lipinski definition) is 0. The molecule has 0 saturated heterocycles. The highest BCUT2D eigenvalue weighted by Crippen LogP contribution is 2.47. The quantitative estimate of drug-likeness (QED) is 0.186. The van der Waals surface area contributed by atoms with Crippen molar-refractivity contribution >= 4 is 75.8 Å². The van der Waals surface area contributed by atoms with E-state index in [1.54, 1.807) is 5.19 Å². The molecule has 3 aliphatic rings. The van der Waals surface area contributed by atoms with Gasteiger partial charge in [-0.2, -0.15) is 0 Å². The summed E-state index contributed by atoms with van der Waals surface area (Å²) >= 11 is 0. The third-order valence-electron chi connectivity index (χ3n) is 10.7. The van der Waals surface area contributed by atoms with Crippen LogP contribution in [-0.4, -0.2) is 19.4 Å². The number of nitrogens with zero attached hydrogens (tertiary/aromatic N) is 3. The van der Waals surface area contributed by atoms with Crippen LogP contribution in [0.25, 0.3) is 16.9 Å². The highest BCUT2D eigenvalue weighted by atomic mass is 28.3. The van der Waals surface area contributed by atoms with E-state index in [0.29, 0.717) is 0 Å². The molecule has 5 heteroatoms. The summed E-state index contributed by atoms with van der Waals surface area (Å²) < 4.78 is 2.61. The van der Waals surface area contributed by atoms with Crippen molar-refractivity contribution in [2.24, 2.45) is 0 Å². The lowest BCUT2D eigenvalue weighted by molar-refractivity contribution is 1.05. The fourth-order valence-corrected chi connectivity index (χ4v) is 12.3. The first-order valence-electron chi connectivity index (χ1n) is 16.9. The fraction of sp³-hybridized carbons (Fsp3) is 0.0698. The molecule has 0 unspecified atom stereocenters. The highest BCUT2D eigenvalue weighted by molar-refractivity contribution is 7.11. The molecule has 0 saturated carbocycles. The average molecular weight is 632 g/mol. The predicted octanol–water partition coefficient (Wildman–Crippen LogP) is 7.67. The monoisotopic (exact) mass is 631 g/mol. The van der Waals surface area contributed by atoms with E-state index in [1.807, 2.05) is 0 Å². The van der Waals surface area contributed by atoms with Gasteiger partial charge in [0.05, 0.1) is 5.69 Å². The predicted molar refractivity (Wildman–Crippen MR) is 207 cm³/mol. The minimum Gasteiger partial charge on any atom is -0.311 e. The van der Waals surface area contributed by atoms with Crippen LogP contribution in [0, 0.1) is 6.92 Å². The summed E-state index contributed by atoms with van der Waals surface area (Å²) in [6.07, 6.45) is 0. The Morgan fingerprint density at radius 2 is 1.06 bits per heavy atom. The molecule has 228 valence electrons. The van der Waals surface area contributed by atoms with Crippen LogP contribution in [0.2, 0.25) is 13.1 Å². The van der Waals surface area contributed by atoms with Gasteiger partial charge in [0.2, 0.25) is 0 Å². The normalized spacial score (nSPS) is 14.6. The van der Waals surface area contributed by atoms with Crippen LogP contribution in [0.5, 0.6) is 0 Å². The lowest BCUT2D eigenvalue weighted by Crippen LogP contribution is -2.68. The molecule has 6 aromatic carbocycles. The van der Waals surface area contributed by atoms with Gasteiger partial charge in [-0.05, 0) is 99.4 Å². The molecule has 3 nitrogen and oxygen atoms in total. The Hall–Kier alpha value is -5.52. The molecule has 0 amide bonds. The summed E-state index contributed by atoms with van der Waals surface area (Å²) in [6.45, 7) is 7.46. The molecule has 3 aliphatic heterocycles. The van der Waals surface area contributed by atoms with E-state index < -0.39 is 8.07 Å². The Labute approximate surface area is 283 Å². The number of fused-ring (bicyclic) bond motifs is 8. The molecule has 1 aromatic heterocycles. The topological polar surface area (TPSA) is 11.4 Å². The van der Waals surface area contributed by atoms with Crippen LogP contribution in [0.3, 0.4) is 0 Å². The summed E-state index contributed by atoms with van der Waals surface area (Å²) in [4.78, 5) is 5.07. The van der Waals surface area contributed by atoms with Gasteiger partial charge in [-0.15, -0.1) is 0 Å². The van der Waals surface area contributed by atoms with Crippen molar-refractivity contribution in [2.45, 2.75) is 20.0 Å². The van der Waals surface area contributed by atoms with E-state index >= 15 is 0 Å². The van der Waals surface area contributed by atoms with Gasteiger partial charge in [-0.1, -0.05) is 110 Å². The maximum absolute atomic E-state index is 2.61. The number of aromatic nitrogens is 1. The number of rotatable bonds is 3. The lowest BCUT2D eigenvalue weighted by atomic mass is 9.34. The molecule has 7 aromatic rings. The van der Waals surface area contributed by atoms with Gasteiger partial charge in [0.15, 0.2) is 0 Å². The van der Waals surface area contributed by atoms with Crippen LogP contribution in [-0.2, 0) is 0 Å². The molecule has 10 rings (SSSR count). The van der Waals surface area contributed by atoms with Crippen LogP contribution < -0.4 is 36.6 Å². The zero-order chi connectivity index (χ0) is 32.1. The third kappa shape index (κ3) is 3.60. The van der Waals surface area contributed by atoms with Crippen molar-refractivity contribution in [3.05, 3.63) is 157 Å². The molecule has 0 atom stereocenters. The third-order valence-corrected chi connectivity index (χ3v) is 14.3. The van der Waals surface area contributed by atoms with Crippen LogP contribution in [0.15, 0.2) is 152 Å². The van der Waals surface area contributed by atoms with Gasteiger partial charge in [-0.3, -0.25) is 9.47 Å². The number of anilines is 6. The smallest absolute Gasteiger partial charge is 0.254 e. The van der Waals surface area contributed by atoms with Gasteiger partial charge >= 0.3 is 0 Å². The van der Waals surface area contributed by atoms with E-state index in [0.717, 1.165) is 0 Å². The number of para-hydroxylation sites is 4. The zero-order valence-electron chi connectivity index (χ0n) is 27.4. The Bertz CT molecular complexity index is 2400. The largest absolute Gasteiger partial charge is 0.311 e. The van der Waals surface area contributed by atoms with Crippen molar-refractivity contribution in [1.82, 2.24) is 4.57 Å². The van der Waals surface area contributed by atoms with Crippen LogP contribution >= 0.6 is 0 Å². The van der Waals surface area contributed by atoms with Gasteiger partial charge in [0.25, 0.3) is 6.71 Å². The Morgan fingerprint density at radius 1 is 0.521 bits per heavy atom. The maximum atomic E-state index is 2.61. The van der Waals surface area contributed by atoms with Crippen molar-refractivity contribution < 1.29 is 0 Å². The van der Waals surface area contributed by atoms with E-state index in [9.17, 15) is 0 Å². The lowest BCUT2D eigenvalue weighted by Gasteiger charge is -2.44. The molecule has 0 radical (unpaired) electrons. The molecule has 0 N–H and O–H groups in total. The number of hydrogen-bond acceptors (Lipinski definition) is 2. The first kappa shape index (κ1) is 27.6. The van der Waals surface area contributed by atoms with Crippen LogP contribution in [0.4, 0.5) is 34.3 Å². The molecule has 0 spiro atoms. The van der Waals surface area contributed by atoms with Gasteiger partial charge in [0.1, 0.15) is 13.9 Å². The molecule has 0 bridgehead atoms. The SMILES string of the molecule is Cc1cc2c3c(c1)N(c1ccccc1)c1c(c4c(n1-c1ccccc1)-c1ccccc1[Si]4(C)C)B3c1ccccc1N2c1ccccc1. The summed E-state index contributed by atoms with van der Waals surface area (Å²) in [5.41, 5.74) is 15.5.